The molecule has 1 rings (SSSR count). The first kappa shape index (κ1) is 23.2. The molecule has 0 aliphatic carbocycles. The van der Waals surface area contributed by atoms with E-state index in [1.165, 1.54) is 0 Å². The van der Waals surface area contributed by atoms with Crippen LogP contribution >= 0.6 is 11.3 Å². The zero-order chi connectivity index (χ0) is 20.4. The van der Waals surface area contributed by atoms with Gasteiger partial charge in [-0.15, -0.1) is 11.3 Å². The molecule has 0 radical (unpaired) electrons. The average molecular weight is 398 g/mol. The van der Waals surface area contributed by atoms with Crippen LogP contribution < -0.4 is 10.6 Å². The molecule has 1 unspecified atom stereocenters. The lowest BCUT2D eigenvalue weighted by molar-refractivity contribution is 0.0279. The molecule has 0 bridgehead atoms. The highest BCUT2D eigenvalue weighted by molar-refractivity contribution is 7.09. The molecule has 0 spiro atoms. The Hall–Kier alpha value is -1.83. The Morgan fingerprint density at radius 2 is 2.11 bits per heavy atom. The quantitative estimate of drug-likeness (QED) is 0.521. The lowest BCUT2D eigenvalue weighted by atomic mass is 10.2. The average Bonchev–Trinajstić information content (AvgIpc) is 2.96. The number of ether oxygens (including phenoxy) is 1. The van der Waals surface area contributed by atoms with E-state index in [0.717, 1.165) is 36.2 Å². The van der Waals surface area contributed by atoms with Gasteiger partial charge in [-0.3, -0.25) is 4.99 Å². The van der Waals surface area contributed by atoms with Crippen LogP contribution in [-0.2, 0) is 11.2 Å². The summed E-state index contributed by atoms with van der Waals surface area (Å²) in [5.41, 5.74) is 0.623. The fourth-order valence-electron chi connectivity index (χ4n) is 2.36. The summed E-state index contributed by atoms with van der Waals surface area (Å²) >= 11 is 1.67. The number of nitrogens with one attached hydrogen (secondary N) is 2. The maximum atomic E-state index is 12.1. The number of amides is 1. The lowest BCUT2D eigenvalue weighted by Crippen LogP contribution is -2.39. The van der Waals surface area contributed by atoms with Crippen molar-refractivity contribution in [3.8, 4) is 0 Å². The maximum Gasteiger partial charge on any atom is 0.410 e. The number of aliphatic imine (C=N–C) groups is 1. The summed E-state index contributed by atoms with van der Waals surface area (Å²) in [7, 11) is 1.76. The number of carbonyl (C=O) groups is 1. The molecule has 154 valence electrons. The lowest BCUT2D eigenvalue weighted by Gasteiger charge is -2.26. The van der Waals surface area contributed by atoms with Gasteiger partial charge >= 0.3 is 6.09 Å². The van der Waals surface area contributed by atoms with Crippen LogP contribution in [0.3, 0.4) is 0 Å². The molecule has 0 aromatic carbocycles. The van der Waals surface area contributed by atoms with Gasteiger partial charge in [0.2, 0.25) is 0 Å². The molecule has 1 aromatic rings. The minimum atomic E-state index is -0.481. The summed E-state index contributed by atoms with van der Waals surface area (Å²) in [4.78, 5) is 22.8. The molecule has 2 N–H and O–H groups in total. The molecule has 0 fully saturated rings. The van der Waals surface area contributed by atoms with Crippen molar-refractivity contribution in [2.45, 2.75) is 53.6 Å². The third kappa shape index (κ3) is 10.2. The zero-order valence-electron chi connectivity index (χ0n) is 17.8. The normalized spacial score (nSPS) is 13.2. The molecule has 1 aromatic heterocycles. The van der Waals surface area contributed by atoms with Gasteiger partial charge in [0.25, 0.3) is 0 Å². The third-order valence-corrected chi connectivity index (χ3v) is 4.36. The van der Waals surface area contributed by atoms with Crippen molar-refractivity contribution >= 4 is 23.4 Å². The number of hydrogen-bond acceptors (Lipinski definition) is 5. The van der Waals surface area contributed by atoms with Gasteiger partial charge in [0, 0.05) is 45.0 Å². The highest BCUT2D eigenvalue weighted by atomic mass is 32.1. The van der Waals surface area contributed by atoms with E-state index in [4.69, 9.17) is 4.74 Å². The molecule has 27 heavy (non-hydrogen) atoms. The molecule has 1 amide bonds. The fourth-order valence-corrected chi connectivity index (χ4v) is 3.01. The summed E-state index contributed by atoms with van der Waals surface area (Å²) in [6.07, 6.45) is 0.563. The van der Waals surface area contributed by atoms with E-state index in [1.807, 2.05) is 34.6 Å². The number of aromatic nitrogens is 1. The van der Waals surface area contributed by atoms with E-state index >= 15 is 0 Å². The molecule has 1 atom stereocenters. The van der Waals surface area contributed by atoms with Crippen molar-refractivity contribution in [2.24, 2.45) is 10.9 Å². The summed E-state index contributed by atoms with van der Waals surface area (Å²) < 4.78 is 5.38. The summed E-state index contributed by atoms with van der Waals surface area (Å²) in [6.45, 7) is 14.5. The summed E-state index contributed by atoms with van der Waals surface area (Å²) in [6, 6.07) is 0. The number of nitrogens with zero attached hydrogens (tertiary/aromatic N) is 3. The van der Waals surface area contributed by atoms with E-state index in [1.54, 1.807) is 23.3 Å². The minimum Gasteiger partial charge on any atom is -0.444 e. The Kier molecular flexibility index (Phi) is 9.55. The van der Waals surface area contributed by atoms with E-state index in [2.05, 4.69) is 32.9 Å². The van der Waals surface area contributed by atoms with Crippen molar-refractivity contribution in [3.05, 3.63) is 16.1 Å². The summed E-state index contributed by atoms with van der Waals surface area (Å²) in [5, 5.41) is 9.78. The molecule has 0 aliphatic rings. The smallest absolute Gasteiger partial charge is 0.410 e. The second-order valence-corrected chi connectivity index (χ2v) is 8.78. The minimum absolute atomic E-state index is 0.221. The summed E-state index contributed by atoms with van der Waals surface area (Å²) in [5.74, 6) is 1.01. The molecule has 0 saturated carbocycles. The van der Waals surface area contributed by atoms with Crippen LogP contribution in [0.4, 0.5) is 4.79 Å². The van der Waals surface area contributed by atoms with Crippen LogP contribution in [0.25, 0.3) is 0 Å². The van der Waals surface area contributed by atoms with Crippen molar-refractivity contribution in [3.63, 3.8) is 0 Å². The molecule has 7 nitrogen and oxygen atoms in total. The van der Waals surface area contributed by atoms with E-state index in [0.29, 0.717) is 13.1 Å². The second-order valence-electron chi connectivity index (χ2n) is 7.72. The van der Waals surface area contributed by atoms with Gasteiger partial charge in [-0.1, -0.05) is 6.92 Å². The first-order valence-corrected chi connectivity index (χ1v) is 10.4. The SMILES string of the molecule is CCNC(=NCC(C)CN(C)C(=O)OC(C)(C)C)NCCc1csc(C)n1. The second kappa shape index (κ2) is 11.1. The van der Waals surface area contributed by atoms with Gasteiger partial charge < -0.3 is 20.3 Å². The molecular weight excluding hydrogens is 362 g/mol. The highest BCUT2D eigenvalue weighted by Crippen LogP contribution is 2.10. The van der Waals surface area contributed by atoms with Crippen LogP contribution in [0, 0.1) is 12.8 Å². The van der Waals surface area contributed by atoms with E-state index in [-0.39, 0.29) is 12.0 Å². The van der Waals surface area contributed by atoms with Crippen LogP contribution in [0.15, 0.2) is 10.4 Å². The van der Waals surface area contributed by atoms with Gasteiger partial charge in [-0.2, -0.15) is 0 Å². The zero-order valence-corrected chi connectivity index (χ0v) is 18.6. The highest BCUT2D eigenvalue weighted by Gasteiger charge is 2.20. The van der Waals surface area contributed by atoms with Crippen LogP contribution in [0.5, 0.6) is 0 Å². The Bertz CT molecular complexity index is 609. The molecule has 1 heterocycles. The number of guanidine groups is 1. The van der Waals surface area contributed by atoms with Crippen LogP contribution in [0.2, 0.25) is 0 Å². The Morgan fingerprint density at radius 3 is 2.67 bits per heavy atom. The molecular formula is C19H35N5O2S. The van der Waals surface area contributed by atoms with Crippen LogP contribution in [-0.4, -0.2) is 60.8 Å². The van der Waals surface area contributed by atoms with Gasteiger partial charge in [0.15, 0.2) is 5.96 Å². The molecule has 0 aliphatic heterocycles. The number of rotatable bonds is 8. The number of hydrogen-bond donors (Lipinski definition) is 2. The number of thiazole rings is 1. The first-order chi connectivity index (χ1) is 12.6. The van der Waals surface area contributed by atoms with Gasteiger partial charge in [0.1, 0.15) is 5.60 Å². The number of carbonyl (C=O) groups excluding carboxylic acids is 1. The molecule has 8 heteroatoms. The van der Waals surface area contributed by atoms with E-state index in [9.17, 15) is 4.79 Å². The topological polar surface area (TPSA) is 78.9 Å². The van der Waals surface area contributed by atoms with Crippen LogP contribution in [0.1, 0.15) is 45.3 Å². The van der Waals surface area contributed by atoms with Crippen molar-refractivity contribution in [2.75, 3.05) is 33.2 Å². The van der Waals surface area contributed by atoms with Crippen molar-refractivity contribution < 1.29 is 9.53 Å². The van der Waals surface area contributed by atoms with Crippen molar-refractivity contribution in [1.29, 1.82) is 0 Å². The fraction of sp³-hybridized carbons (Fsp3) is 0.737. The number of aryl methyl sites for hydroxylation is 1. The predicted molar refractivity (Wildman–Crippen MR) is 113 cm³/mol. The Morgan fingerprint density at radius 1 is 1.41 bits per heavy atom. The predicted octanol–water partition coefficient (Wildman–Crippen LogP) is 3.05. The monoisotopic (exact) mass is 397 g/mol. The van der Waals surface area contributed by atoms with Gasteiger partial charge in [-0.25, -0.2) is 9.78 Å². The van der Waals surface area contributed by atoms with Gasteiger partial charge in [-0.05, 0) is 40.5 Å². The van der Waals surface area contributed by atoms with E-state index < -0.39 is 5.60 Å². The third-order valence-electron chi connectivity index (χ3n) is 3.54. The maximum absolute atomic E-state index is 12.1. The van der Waals surface area contributed by atoms with Gasteiger partial charge in [0.05, 0.1) is 10.7 Å². The Balaban J connectivity index is 2.44. The standard InChI is InChI=1S/C19H35N5O2S/c1-8-20-17(21-10-9-16-13-27-15(3)23-16)22-11-14(2)12-24(7)18(25)26-19(4,5)6/h13-14H,8-12H2,1-7H3,(H2,20,21,22). The largest absolute Gasteiger partial charge is 0.444 e. The Labute approximate surface area is 167 Å². The first-order valence-electron chi connectivity index (χ1n) is 9.48. The van der Waals surface area contributed by atoms with Crippen molar-refractivity contribution in [1.82, 2.24) is 20.5 Å². The molecule has 0 saturated heterocycles.